The standard InChI is InChI=1S/C14H18N4/c1-3-18(10-6-9-15)11-13-12-7-4-5-8-14(12)17(2)16-13/h4-5,7-8H,3,6,10-11H2,1-2H3. The van der Waals surface area contributed by atoms with Gasteiger partial charge in [-0.05, 0) is 12.6 Å². The van der Waals surface area contributed by atoms with Crippen LogP contribution < -0.4 is 0 Å². The van der Waals surface area contributed by atoms with Crippen LogP contribution in [0.5, 0.6) is 0 Å². The van der Waals surface area contributed by atoms with E-state index in [1.54, 1.807) is 0 Å². The Labute approximate surface area is 107 Å². The van der Waals surface area contributed by atoms with E-state index in [0.717, 1.165) is 30.8 Å². The summed E-state index contributed by atoms with van der Waals surface area (Å²) in [4.78, 5) is 2.25. The summed E-state index contributed by atoms with van der Waals surface area (Å²) in [5.41, 5.74) is 2.25. The number of para-hydroxylation sites is 1. The van der Waals surface area contributed by atoms with Gasteiger partial charge < -0.3 is 0 Å². The Kier molecular flexibility index (Phi) is 3.96. The molecule has 0 aliphatic rings. The number of hydrogen-bond donors (Lipinski definition) is 0. The van der Waals surface area contributed by atoms with Gasteiger partial charge >= 0.3 is 0 Å². The summed E-state index contributed by atoms with van der Waals surface area (Å²) in [6.07, 6.45) is 0.568. The molecule has 0 unspecified atom stereocenters. The lowest BCUT2D eigenvalue weighted by atomic mass is 10.2. The number of nitriles is 1. The van der Waals surface area contributed by atoms with Crippen molar-refractivity contribution in [3.8, 4) is 6.07 Å². The van der Waals surface area contributed by atoms with E-state index in [1.165, 1.54) is 5.39 Å². The predicted octanol–water partition coefficient (Wildman–Crippen LogP) is 2.31. The fourth-order valence-corrected chi connectivity index (χ4v) is 2.17. The molecule has 0 saturated heterocycles. The zero-order chi connectivity index (χ0) is 13.0. The molecule has 0 aliphatic carbocycles. The Morgan fingerprint density at radius 3 is 2.89 bits per heavy atom. The molecule has 2 rings (SSSR count). The van der Waals surface area contributed by atoms with Crippen LogP contribution in [0, 0.1) is 11.3 Å². The molecular formula is C14H18N4. The first-order valence-electron chi connectivity index (χ1n) is 6.26. The van der Waals surface area contributed by atoms with Gasteiger partial charge in [0.2, 0.25) is 0 Å². The van der Waals surface area contributed by atoms with Gasteiger partial charge in [-0.1, -0.05) is 25.1 Å². The van der Waals surface area contributed by atoms with Crippen LogP contribution in [-0.2, 0) is 13.6 Å². The highest BCUT2D eigenvalue weighted by molar-refractivity contribution is 5.81. The second-order valence-electron chi connectivity index (χ2n) is 4.36. The van der Waals surface area contributed by atoms with Crippen LogP contribution in [0.15, 0.2) is 24.3 Å². The van der Waals surface area contributed by atoms with Gasteiger partial charge in [-0.2, -0.15) is 10.4 Å². The van der Waals surface area contributed by atoms with E-state index in [1.807, 2.05) is 23.9 Å². The molecule has 0 saturated carbocycles. The lowest BCUT2D eigenvalue weighted by molar-refractivity contribution is 0.283. The second kappa shape index (κ2) is 5.65. The van der Waals surface area contributed by atoms with E-state index < -0.39 is 0 Å². The molecule has 18 heavy (non-hydrogen) atoms. The summed E-state index contributed by atoms with van der Waals surface area (Å²) >= 11 is 0. The van der Waals surface area contributed by atoms with Crippen molar-refractivity contribution in [2.45, 2.75) is 19.9 Å². The minimum atomic E-state index is 0.568. The van der Waals surface area contributed by atoms with Crippen molar-refractivity contribution in [3.63, 3.8) is 0 Å². The molecule has 4 nitrogen and oxygen atoms in total. The molecule has 0 fully saturated rings. The first-order valence-corrected chi connectivity index (χ1v) is 6.26. The third kappa shape index (κ3) is 2.52. The summed E-state index contributed by atoms with van der Waals surface area (Å²) in [5.74, 6) is 0. The van der Waals surface area contributed by atoms with Crippen LogP contribution in [0.4, 0.5) is 0 Å². The zero-order valence-corrected chi connectivity index (χ0v) is 10.9. The van der Waals surface area contributed by atoms with Crippen molar-refractivity contribution in [1.29, 1.82) is 5.26 Å². The summed E-state index contributed by atoms with van der Waals surface area (Å²) in [6.45, 7) is 4.66. The maximum atomic E-state index is 8.66. The number of fused-ring (bicyclic) bond motifs is 1. The highest BCUT2D eigenvalue weighted by Crippen LogP contribution is 2.18. The van der Waals surface area contributed by atoms with Crippen LogP contribution in [0.3, 0.4) is 0 Å². The molecule has 1 aromatic carbocycles. The smallest absolute Gasteiger partial charge is 0.0843 e. The SMILES string of the molecule is CCN(CCC#N)Cc1nn(C)c2ccccc12. The molecule has 0 N–H and O–H groups in total. The first-order chi connectivity index (χ1) is 8.76. The van der Waals surface area contributed by atoms with E-state index in [9.17, 15) is 0 Å². The van der Waals surface area contributed by atoms with Crippen LogP contribution >= 0.6 is 0 Å². The Morgan fingerprint density at radius 2 is 2.17 bits per heavy atom. The molecule has 2 aromatic rings. The normalized spacial score (nSPS) is 11.0. The molecular weight excluding hydrogens is 224 g/mol. The van der Waals surface area contributed by atoms with E-state index >= 15 is 0 Å². The topological polar surface area (TPSA) is 44.9 Å². The van der Waals surface area contributed by atoms with Gasteiger partial charge in [0.1, 0.15) is 0 Å². The lowest BCUT2D eigenvalue weighted by Crippen LogP contribution is -2.24. The van der Waals surface area contributed by atoms with E-state index in [2.05, 4.69) is 35.1 Å². The Balaban J connectivity index is 2.23. The van der Waals surface area contributed by atoms with Crippen LogP contribution in [0.2, 0.25) is 0 Å². The average Bonchev–Trinajstić information content (AvgIpc) is 2.72. The number of benzene rings is 1. The first kappa shape index (κ1) is 12.6. The summed E-state index contributed by atoms with van der Waals surface area (Å²) < 4.78 is 1.92. The monoisotopic (exact) mass is 242 g/mol. The zero-order valence-electron chi connectivity index (χ0n) is 10.9. The van der Waals surface area contributed by atoms with Crippen molar-refractivity contribution in [1.82, 2.24) is 14.7 Å². The minimum absolute atomic E-state index is 0.568. The van der Waals surface area contributed by atoms with Crippen molar-refractivity contribution in [2.24, 2.45) is 7.05 Å². The number of hydrogen-bond acceptors (Lipinski definition) is 3. The van der Waals surface area contributed by atoms with E-state index in [0.29, 0.717) is 6.42 Å². The molecule has 1 heterocycles. The number of aromatic nitrogens is 2. The largest absolute Gasteiger partial charge is 0.297 e. The third-order valence-corrected chi connectivity index (χ3v) is 3.19. The van der Waals surface area contributed by atoms with Crippen molar-refractivity contribution in [2.75, 3.05) is 13.1 Å². The van der Waals surface area contributed by atoms with Gasteiger partial charge in [0.05, 0.1) is 17.3 Å². The van der Waals surface area contributed by atoms with E-state index in [-0.39, 0.29) is 0 Å². The maximum Gasteiger partial charge on any atom is 0.0843 e. The summed E-state index contributed by atoms with van der Waals surface area (Å²) in [7, 11) is 1.97. The van der Waals surface area contributed by atoms with Gasteiger partial charge in [0.15, 0.2) is 0 Å². The van der Waals surface area contributed by atoms with Crippen LogP contribution in [-0.4, -0.2) is 27.8 Å². The van der Waals surface area contributed by atoms with Gasteiger partial charge in [0, 0.05) is 31.9 Å². The quantitative estimate of drug-likeness (QED) is 0.808. The lowest BCUT2D eigenvalue weighted by Gasteiger charge is -2.17. The fraction of sp³-hybridized carbons (Fsp3) is 0.429. The maximum absolute atomic E-state index is 8.66. The van der Waals surface area contributed by atoms with Gasteiger partial charge in [-0.25, -0.2) is 0 Å². The van der Waals surface area contributed by atoms with E-state index in [4.69, 9.17) is 5.26 Å². The fourth-order valence-electron chi connectivity index (χ4n) is 2.17. The molecule has 0 radical (unpaired) electrons. The van der Waals surface area contributed by atoms with Crippen molar-refractivity contribution >= 4 is 10.9 Å². The highest BCUT2D eigenvalue weighted by Gasteiger charge is 2.11. The predicted molar refractivity (Wildman–Crippen MR) is 71.9 cm³/mol. The van der Waals surface area contributed by atoms with Crippen molar-refractivity contribution < 1.29 is 0 Å². The third-order valence-electron chi connectivity index (χ3n) is 3.19. The number of aryl methyl sites for hydroxylation is 1. The van der Waals surface area contributed by atoms with Gasteiger partial charge in [-0.15, -0.1) is 0 Å². The average molecular weight is 242 g/mol. The highest BCUT2D eigenvalue weighted by atomic mass is 15.3. The number of rotatable bonds is 5. The Bertz CT molecular complexity index is 565. The van der Waals surface area contributed by atoms with Crippen molar-refractivity contribution in [3.05, 3.63) is 30.0 Å². The molecule has 94 valence electrons. The number of nitrogens with zero attached hydrogens (tertiary/aromatic N) is 4. The molecule has 1 aromatic heterocycles. The Morgan fingerprint density at radius 1 is 1.39 bits per heavy atom. The summed E-state index contributed by atoms with van der Waals surface area (Å²) in [6, 6.07) is 10.5. The van der Waals surface area contributed by atoms with Gasteiger partial charge in [-0.3, -0.25) is 9.58 Å². The molecule has 0 aliphatic heterocycles. The van der Waals surface area contributed by atoms with Crippen LogP contribution in [0.1, 0.15) is 19.0 Å². The second-order valence-corrected chi connectivity index (χ2v) is 4.36. The molecule has 0 spiro atoms. The molecule has 0 amide bonds. The molecule has 0 atom stereocenters. The summed E-state index contributed by atoms with van der Waals surface area (Å²) in [5, 5.41) is 14.4. The Hall–Kier alpha value is -1.86. The van der Waals surface area contributed by atoms with Gasteiger partial charge in [0.25, 0.3) is 0 Å². The van der Waals surface area contributed by atoms with Crippen LogP contribution in [0.25, 0.3) is 10.9 Å². The molecule has 0 bridgehead atoms. The molecule has 4 heteroatoms. The minimum Gasteiger partial charge on any atom is -0.297 e.